The molecular weight excluding hydrogens is 182 g/mol. The molecule has 0 amide bonds. The summed E-state index contributed by atoms with van der Waals surface area (Å²) in [7, 11) is 0. The normalized spacial score (nSPS) is 13.9. The van der Waals surface area contributed by atoms with Crippen LogP contribution in [0.15, 0.2) is 0 Å². The fourth-order valence-corrected chi connectivity index (χ4v) is 0.764. The zero-order valence-electron chi connectivity index (χ0n) is 4.90. The molecule has 0 aromatic rings. The van der Waals surface area contributed by atoms with Crippen molar-refractivity contribution in [2.75, 3.05) is 0 Å². The highest BCUT2D eigenvalue weighted by molar-refractivity contribution is 6.63. The molecular formula is C5H7Cl3O. The average molecular weight is 189 g/mol. The molecule has 1 unspecified atom stereocenters. The molecule has 9 heavy (non-hydrogen) atoms. The minimum Gasteiger partial charge on any atom is -0.281 e. The summed E-state index contributed by atoms with van der Waals surface area (Å²) >= 11 is 15.9. The lowest BCUT2D eigenvalue weighted by Gasteiger charge is -2.07. The molecule has 0 N–H and O–H groups in total. The number of carbonyl (C=O) groups is 1. The smallest absolute Gasteiger partial charge is 0.221 e. The van der Waals surface area contributed by atoms with Crippen molar-refractivity contribution in [3.8, 4) is 0 Å². The summed E-state index contributed by atoms with van der Waals surface area (Å²) in [4.78, 5) is 9.70. The lowest BCUT2D eigenvalue weighted by Crippen LogP contribution is -2.07. The van der Waals surface area contributed by atoms with E-state index >= 15 is 0 Å². The lowest BCUT2D eigenvalue weighted by molar-refractivity contribution is -0.112. The van der Waals surface area contributed by atoms with Crippen molar-refractivity contribution in [1.82, 2.24) is 0 Å². The Balaban J connectivity index is 3.50. The highest BCUT2D eigenvalue weighted by atomic mass is 35.5. The summed E-state index contributed by atoms with van der Waals surface area (Å²) in [6, 6.07) is 0. The molecule has 0 bridgehead atoms. The van der Waals surface area contributed by atoms with Crippen LogP contribution in [0.3, 0.4) is 0 Å². The summed E-state index contributed by atoms with van der Waals surface area (Å²) in [5.74, 6) is -0.0571. The van der Waals surface area contributed by atoms with Gasteiger partial charge >= 0.3 is 0 Å². The topological polar surface area (TPSA) is 17.1 Å². The molecule has 0 heterocycles. The molecule has 0 saturated carbocycles. The van der Waals surface area contributed by atoms with Gasteiger partial charge < -0.3 is 0 Å². The van der Waals surface area contributed by atoms with Crippen molar-refractivity contribution < 1.29 is 4.79 Å². The molecule has 0 radical (unpaired) electrons. The molecule has 0 aromatic heterocycles. The first kappa shape index (κ1) is 9.54. The van der Waals surface area contributed by atoms with E-state index in [1.54, 1.807) is 6.92 Å². The molecule has 0 aliphatic carbocycles. The third kappa shape index (κ3) is 5.01. The van der Waals surface area contributed by atoms with Gasteiger partial charge in [0.15, 0.2) is 0 Å². The summed E-state index contributed by atoms with van der Waals surface area (Å²) < 4.78 is 0. The summed E-state index contributed by atoms with van der Waals surface area (Å²) in [6.07, 6.45) is 0.235. The van der Waals surface area contributed by atoms with E-state index in [0.717, 1.165) is 0 Å². The van der Waals surface area contributed by atoms with Crippen LogP contribution < -0.4 is 0 Å². The Kier molecular flexibility index (Phi) is 4.63. The van der Waals surface area contributed by atoms with Crippen LogP contribution in [0.1, 0.15) is 13.3 Å². The van der Waals surface area contributed by atoms with Gasteiger partial charge in [0, 0.05) is 6.42 Å². The van der Waals surface area contributed by atoms with E-state index in [0.29, 0.717) is 0 Å². The van der Waals surface area contributed by atoms with Gasteiger partial charge in [-0.15, -0.1) is 23.2 Å². The van der Waals surface area contributed by atoms with Crippen molar-refractivity contribution in [2.45, 2.75) is 18.2 Å². The van der Waals surface area contributed by atoms with Gasteiger partial charge in [0.1, 0.15) is 4.84 Å². The van der Waals surface area contributed by atoms with E-state index in [4.69, 9.17) is 34.8 Å². The van der Waals surface area contributed by atoms with Gasteiger partial charge in [0.2, 0.25) is 5.24 Å². The molecule has 4 heteroatoms. The first-order valence-electron chi connectivity index (χ1n) is 2.50. The van der Waals surface area contributed by atoms with Gasteiger partial charge in [0.05, 0.1) is 0 Å². The number of halogens is 3. The molecule has 1 atom stereocenters. The van der Waals surface area contributed by atoms with Crippen LogP contribution in [0, 0.1) is 5.92 Å². The van der Waals surface area contributed by atoms with Crippen LogP contribution in [0.25, 0.3) is 0 Å². The highest BCUT2D eigenvalue weighted by Gasteiger charge is 2.13. The van der Waals surface area contributed by atoms with E-state index in [1.165, 1.54) is 0 Å². The largest absolute Gasteiger partial charge is 0.281 e. The molecule has 0 aliphatic heterocycles. The molecule has 0 rings (SSSR count). The maximum absolute atomic E-state index is 10.2. The number of rotatable bonds is 3. The Labute approximate surface area is 69.3 Å². The van der Waals surface area contributed by atoms with Gasteiger partial charge in [-0.2, -0.15) is 0 Å². The second-order valence-corrected chi connectivity index (χ2v) is 3.46. The second kappa shape index (κ2) is 4.37. The number of alkyl halides is 2. The van der Waals surface area contributed by atoms with Crippen LogP contribution in [0.4, 0.5) is 0 Å². The Morgan fingerprint density at radius 2 is 2.00 bits per heavy atom. The van der Waals surface area contributed by atoms with Crippen LogP contribution >= 0.6 is 34.8 Å². The maximum Gasteiger partial charge on any atom is 0.221 e. The molecule has 54 valence electrons. The Bertz CT molecular complexity index is 102. The first-order valence-corrected chi connectivity index (χ1v) is 3.75. The third-order valence-electron chi connectivity index (χ3n) is 0.913. The van der Waals surface area contributed by atoms with Crippen LogP contribution in [-0.2, 0) is 4.79 Å². The van der Waals surface area contributed by atoms with E-state index in [2.05, 4.69) is 0 Å². The molecule has 0 aliphatic rings. The Morgan fingerprint density at radius 1 is 1.56 bits per heavy atom. The summed E-state index contributed by atoms with van der Waals surface area (Å²) in [5.41, 5.74) is 0. The van der Waals surface area contributed by atoms with E-state index in [9.17, 15) is 4.79 Å². The fourth-order valence-electron chi connectivity index (χ4n) is 0.342. The highest BCUT2D eigenvalue weighted by Crippen LogP contribution is 2.18. The predicted molar refractivity (Wildman–Crippen MR) is 40.1 cm³/mol. The van der Waals surface area contributed by atoms with Crippen molar-refractivity contribution in [3.05, 3.63) is 0 Å². The summed E-state index contributed by atoms with van der Waals surface area (Å²) in [5, 5.41) is -0.395. The Morgan fingerprint density at radius 3 is 2.11 bits per heavy atom. The summed E-state index contributed by atoms with van der Waals surface area (Å²) in [6.45, 7) is 1.77. The zero-order valence-corrected chi connectivity index (χ0v) is 7.17. The lowest BCUT2D eigenvalue weighted by atomic mass is 10.1. The van der Waals surface area contributed by atoms with Gasteiger partial charge in [-0.3, -0.25) is 4.79 Å². The van der Waals surface area contributed by atoms with Crippen LogP contribution in [0.2, 0.25) is 0 Å². The standard InChI is InChI=1S/C5H7Cl3O/c1-3(5(7)8)2-4(6)9/h3,5H,2H2,1H3. The second-order valence-electron chi connectivity index (χ2n) is 1.87. The average Bonchev–Trinajstić information content (AvgIpc) is 1.63. The van der Waals surface area contributed by atoms with E-state index < -0.39 is 10.1 Å². The number of hydrogen-bond donors (Lipinski definition) is 0. The third-order valence-corrected chi connectivity index (χ3v) is 1.93. The minimum atomic E-state index is -0.507. The van der Waals surface area contributed by atoms with Gasteiger partial charge in [-0.25, -0.2) is 0 Å². The fraction of sp³-hybridized carbons (Fsp3) is 0.800. The van der Waals surface area contributed by atoms with Gasteiger partial charge in [-0.1, -0.05) is 6.92 Å². The minimum absolute atomic E-state index is 0.0571. The van der Waals surface area contributed by atoms with Crippen molar-refractivity contribution in [3.63, 3.8) is 0 Å². The van der Waals surface area contributed by atoms with Crippen LogP contribution in [0.5, 0.6) is 0 Å². The zero-order chi connectivity index (χ0) is 7.44. The van der Waals surface area contributed by atoms with Gasteiger partial charge in [-0.05, 0) is 17.5 Å². The SMILES string of the molecule is CC(CC(=O)Cl)C(Cl)Cl. The maximum atomic E-state index is 10.2. The van der Waals surface area contributed by atoms with Crippen molar-refractivity contribution in [1.29, 1.82) is 0 Å². The monoisotopic (exact) mass is 188 g/mol. The Hall–Kier alpha value is 0.540. The quantitative estimate of drug-likeness (QED) is 0.493. The number of carbonyl (C=O) groups excluding carboxylic acids is 1. The van der Waals surface area contributed by atoms with Gasteiger partial charge in [0.25, 0.3) is 0 Å². The molecule has 0 fully saturated rings. The molecule has 0 saturated heterocycles. The van der Waals surface area contributed by atoms with Crippen LogP contribution in [-0.4, -0.2) is 10.1 Å². The van der Waals surface area contributed by atoms with Crippen molar-refractivity contribution >= 4 is 40.0 Å². The van der Waals surface area contributed by atoms with Crippen molar-refractivity contribution in [2.24, 2.45) is 5.92 Å². The molecule has 0 spiro atoms. The molecule has 0 aromatic carbocycles. The van der Waals surface area contributed by atoms with E-state index in [1.807, 2.05) is 0 Å². The molecule has 1 nitrogen and oxygen atoms in total. The predicted octanol–water partition coefficient (Wildman–Crippen LogP) is 2.58. The number of hydrogen-bond acceptors (Lipinski definition) is 1. The first-order chi connectivity index (χ1) is 4.04. The van der Waals surface area contributed by atoms with E-state index in [-0.39, 0.29) is 12.3 Å².